The molecular formula is C13H11ClFN7O2S. The van der Waals surface area contributed by atoms with Crippen LogP contribution in [0.1, 0.15) is 5.69 Å². The first kappa shape index (κ1) is 18.3. The van der Waals surface area contributed by atoms with Gasteiger partial charge in [0.05, 0.1) is 28.7 Å². The van der Waals surface area contributed by atoms with Crippen LogP contribution < -0.4 is 11.5 Å². The van der Waals surface area contributed by atoms with E-state index in [0.717, 1.165) is 11.3 Å². The van der Waals surface area contributed by atoms with Gasteiger partial charge in [0.25, 0.3) is 5.69 Å². The topological polar surface area (TPSA) is 137 Å². The van der Waals surface area contributed by atoms with Crippen LogP contribution in [0.3, 0.4) is 0 Å². The molecule has 3 aromatic rings. The molecule has 2 aromatic heterocycles. The van der Waals surface area contributed by atoms with Crippen LogP contribution in [0.25, 0.3) is 16.2 Å². The molecule has 0 saturated heterocycles. The predicted molar refractivity (Wildman–Crippen MR) is 95.8 cm³/mol. The molecule has 0 unspecified atom stereocenters. The fourth-order valence-electron chi connectivity index (χ4n) is 2.06. The summed E-state index contributed by atoms with van der Waals surface area (Å²) < 4.78 is 14.9. The molecule has 0 spiro atoms. The van der Waals surface area contributed by atoms with Crippen LogP contribution in [-0.4, -0.2) is 26.5 Å². The number of imidazole rings is 1. The number of halogens is 2. The molecule has 25 heavy (non-hydrogen) atoms. The molecule has 130 valence electrons. The van der Waals surface area contributed by atoms with Gasteiger partial charge in [0, 0.05) is 17.7 Å². The van der Waals surface area contributed by atoms with Gasteiger partial charge in [0.15, 0.2) is 10.1 Å². The molecule has 0 atom stereocenters. The first-order valence-electron chi connectivity index (χ1n) is 6.50. The Labute approximate surface area is 150 Å². The Balaban J connectivity index is 0.00000225. The number of nitrogens with zero attached hydrogens (tertiary/aromatic N) is 5. The summed E-state index contributed by atoms with van der Waals surface area (Å²) in [5.41, 5.74) is 11.9. The molecule has 9 nitrogen and oxygen atoms in total. The molecule has 0 bridgehead atoms. The van der Waals surface area contributed by atoms with Gasteiger partial charge < -0.3 is 11.5 Å². The second kappa shape index (κ2) is 7.23. The molecule has 1 aromatic carbocycles. The Kier molecular flexibility index (Phi) is 5.29. The van der Waals surface area contributed by atoms with Crippen LogP contribution in [0.2, 0.25) is 0 Å². The molecule has 0 saturated carbocycles. The van der Waals surface area contributed by atoms with E-state index in [1.54, 1.807) is 12.1 Å². The normalized spacial score (nSPS) is 10.8. The zero-order valence-electron chi connectivity index (χ0n) is 12.4. The first-order chi connectivity index (χ1) is 11.5. The van der Waals surface area contributed by atoms with Crippen molar-refractivity contribution in [3.63, 3.8) is 0 Å². The minimum atomic E-state index is -0.494. The second-order valence-corrected chi connectivity index (χ2v) is 5.57. The lowest BCUT2D eigenvalue weighted by atomic mass is 10.1. The summed E-state index contributed by atoms with van der Waals surface area (Å²) in [6.07, 6.45) is 2.60. The molecule has 2 heterocycles. The maximum Gasteiger partial charge on any atom is 0.269 e. The molecule has 0 aliphatic rings. The zero-order valence-corrected chi connectivity index (χ0v) is 14.0. The smallest absolute Gasteiger partial charge is 0.269 e. The van der Waals surface area contributed by atoms with Crippen LogP contribution in [-0.2, 0) is 0 Å². The molecule has 4 N–H and O–H groups in total. The molecule has 12 heteroatoms. The summed E-state index contributed by atoms with van der Waals surface area (Å²) in [4.78, 5) is 15.0. The Morgan fingerprint density at radius 1 is 1.36 bits per heavy atom. The molecule has 0 aliphatic carbocycles. The predicted octanol–water partition coefficient (Wildman–Crippen LogP) is 2.14. The Bertz CT molecular complexity index is 976. The number of nitro benzene ring substituents is 1. The number of thiazole rings is 1. The molecule has 0 radical (unpaired) electrons. The number of nitrogens with two attached hydrogens (primary N) is 2. The minimum Gasteiger partial charge on any atom is -0.369 e. The minimum absolute atomic E-state index is 0. The number of nitro groups is 1. The molecule has 0 aliphatic heterocycles. The van der Waals surface area contributed by atoms with Crippen molar-refractivity contribution in [3.05, 3.63) is 51.4 Å². The largest absolute Gasteiger partial charge is 0.369 e. The summed E-state index contributed by atoms with van der Waals surface area (Å²) in [6.45, 7) is 0. The lowest BCUT2D eigenvalue weighted by molar-refractivity contribution is -0.384. The Morgan fingerprint density at radius 3 is 2.64 bits per heavy atom. The van der Waals surface area contributed by atoms with Crippen LogP contribution >= 0.6 is 23.7 Å². The van der Waals surface area contributed by atoms with E-state index in [1.807, 2.05) is 0 Å². The molecule has 3 rings (SSSR count). The van der Waals surface area contributed by atoms with Crippen molar-refractivity contribution < 1.29 is 9.31 Å². The van der Waals surface area contributed by atoms with E-state index in [-0.39, 0.29) is 24.1 Å². The highest BCUT2D eigenvalue weighted by Gasteiger charge is 2.16. The third-order valence-corrected chi connectivity index (χ3v) is 3.81. The number of hydrogen-bond donors (Lipinski definition) is 2. The number of non-ortho nitro benzene ring substituents is 1. The number of rotatable bonds is 4. The van der Waals surface area contributed by atoms with Gasteiger partial charge >= 0.3 is 0 Å². The maximum absolute atomic E-state index is 13.4. The van der Waals surface area contributed by atoms with Gasteiger partial charge in [-0.3, -0.25) is 14.5 Å². The number of fused-ring (bicyclic) bond motifs is 1. The number of benzene rings is 1. The van der Waals surface area contributed by atoms with Crippen molar-refractivity contribution in [1.29, 1.82) is 0 Å². The van der Waals surface area contributed by atoms with Gasteiger partial charge in [-0.25, -0.2) is 4.98 Å². The zero-order chi connectivity index (χ0) is 17.3. The summed E-state index contributed by atoms with van der Waals surface area (Å²) in [6, 6.07) is 5.83. The highest BCUT2D eigenvalue weighted by atomic mass is 35.5. The summed E-state index contributed by atoms with van der Waals surface area (Å²) >= 11 is 0.860. The van der Waals surface area contributed by atoms with Crippen molar-refractivity contribution in [2.75, 3.05) is 0 Å². The quantitative estimate of drug-likeness (QED) is 0.307. The van der Waals surface area contributed by atoms with Gasteiger partial charge in [-0.1, -0.05) is 11.3 Å². The van der Waals surface area contributed by atoms with E-state index in [4.69, 9.17) is 11.5 Å². The Morgan fingerprint density at radius 2 is 2.04 bits per heavy atom. The van der Waals surface area contributed by atoms with Crippen LogP contribution in [0.5, 0.6) is 0 Å². The lowest BCUT2D eigenvalue weighted by Gasteiger charge is -1.99. The van der Waals surface area contributed by atoms with Gasteiger partial charge in [-0.2, -0.15) is 9.49 Å². The third kappa shape index (κ3) is 3.72. The van der Waals surface area contributed by atoms with E-state index in [2.05, 4.69) is 15.2 Å². The van der Waals surface area contributed by atoms with Gasteiger partial charge in [-0.15, -0.1) is 17.5 Å². The average molecular weight is 384 g/mol. The van der Waals surface area contributed by atoms with E-state index >= 15 is 0 Å². The van der Waals surface area contributed by atoms with Gasteiger partial charge in [0.2, 0.25) is 5.96 Å². The maximum atomic E-state index is 13.4. The second-order valence-electron chi connectivity index (χ2n) is 4.61. The van der Waals surface area contributed by atoms with Crippen molar-refractivity contribution in [3.8, 4) is 11.3 Å². The van der Waals surface area contributed by atoms with E-state index < -0.39 is 10.1 Å². The van der Waals surface area contributed by atoms with E-state index in [0.29, 0.717) is 21.9 Å². The first-order valence-corrected chi connectivity index (χ1v) is 7.31. The summed E-state index contributed by atoms with van der Waals surface area (Å²) in [7, 11) is 0. The number of hydrogen-bond acceptors (Lipinski definition) is 6. The van der Waals surface area contributed by atoms with Crippen molar-refractivity contribution in [2.24, 2.45) is 21.7 Å². The van der Waals surface area contributed by atoms with Crippen LogP contribution in [0.4, 0.5) is 10.1 Å². The SMILES string of the molecule is Cl.NC(N)=N/N=C/c1c(-c2ccc([N+](=O)[O-])cc2)nc2sc(F)cn12. The summed E-state index contributed by atoms with van der Waals surface area (Å²) in [5.74, 6) is -0.222. The molecule has 0 fully saturated rings. The average Bonchev–Trinajstić information content (AvgIpc) is 3.04. The van der Waals surface area contributed by atoms with Gasteiger partial charge in [0.1, 0.15) is 0 Å². The Hall–Kier alpha value is -3.05. The molecular weight excluding hydrogens is 373 g/mol. The standard InChI is InChI=1S/C13H10FN7O2S.ClH/c14-10-6-20-9(5-17-19-12(15)16)11(18-13(20)24-10)7-1-3-8(4-2-7)21(22)23;/h1-6H,(H4,15,16,19);1H/b17-5+;. The number of aromatic nitrogens is 2. The van der Waals surface area contributed by atoms with Crippen LogP contribution in [0, 0.1) is 15.2 Å². The summed E-state index contributed by atoms with van der Waals surface area (Å²) in [5, 5.41) is 17.6. The van der Waals surface area contributed by atoms with E-state index in [1.165, 1.54) is 28.9 Å². The van der Waals surface area contributed by atoms with Crippen molar-refractivity contribution in [1.82, 2.24) is 9.38 Å². The highest BCUT2D eigenvalue weighted by Crippen LogP contribution is 2.28. The fourth-order valence-corrected chi connectivity index (χ4v) is 2.78. The van der Waals surface area contributed by atoms with Gasteiger partial charge in [-0.05, 0) is 12.1 Å². The highest BCUT2D eigenvalue weighted by molar-refractivity contribution is 7.15. The van der Waals surface area contributed by atoms with Crippen molar-refractivity contribution in [2.45, 2.75) is 0 Å². The monoisotopic (exact) mass is 383 g/mol. The number of guanidine groups is 1. The fraction of sp³-hybridized carbons (Fsp3) is 0. The lowest BCUT2D eigenvalue weighted by Crippen LogP contribution is -2.21. The third-order valence-electron chi connectivity index (χ3n) is 3.04. The molecule has 0 amide bonds. The van der Waals surface area contributed by atoms with Crippen LogP contribution in [0.15, 0.2) is 40.7 Å². The van der Waals surface area contributed by atoms with Crippen molar-refractivity contribution >= 4 is 46.6 Å². The van der Waals surface area contributed by atoms with E-state index in [9.17, 15) is 14.5 Å².